The number of aliphatic hydroxyl groups excluding tert-OH is 6. The van der Waals surface area contributed by atoms with E-state index in [1.165, 1.54) is 6.92 Å². The lowest BCUT2D eigenvalue weighted by molar-refractivity contribution is -0.363. The van der Waals surface area contributed by atoms with Gasteiger partial charge in [-0.1, -0.05) is 27.7 Å². The first kappa shape index (κ1) is 38.1. The highest BCUT2D eigenvalue weighted by Crippen LogP contribution is 2.71. The predicted molar refractivity (Wildman–Crippen MR) is 182 cm³/mol. The number of aliphatic hydroxyl groups is 6. The van der Waals surface area contributed by atoms with E-state index in [1.807, 2.05) is 6.92 Å². The summed E-state index contributed by atoms with van der Waals surface area (Å²) in [5, 5.41) is 65.0. The first-order valence-corrected chi connectivity index (χ1v) is 20.1. The minimum atomic E-state index is -1.61. The van der Waals surface area contributed by atoms with E-state index >= 15 is 0 Å². The van der Waals surface area contributed by atoms with Gasteiger partial charge in [-0.15, -0.1) is 0 Å². The quantitative estimate of drug-likeness (QED) is 0.228. The molecule has 13 nitrogen and oxygen atoms in total. The van der Waals surface area contributed by atoms with Gasteiger partial charge >= 0.3 is 0 Å². The molecule has 8 fully saturated rings. The fourth-order valence-electron chi connectivity index (χ4n) is 13.1. The number of ketones is 1. The number of ether oxygens (including phenoxy) is 6. The third-order valence-electron chi connectivity index (χ3n) is 15.9. The molecule has 4 aliphatic carbocycles. The highest BCUT2D eigenvalue weighted by Gasteiger charge is 2.71. The van der Waals surface area contributed by atoms with Crippen LogP contribution in [0.15, 0.2) is 0 Å². The van der Waals surface area contributed by atoms with Gasteiger partial charge in [0.25, 0.3) is 0 Å². The molecule has 296 valence electrons. The summed E-state index contributed by atoms with van der Waals surface area (Å²) in [6.45, 7) is 12.7. The SMILES string of the molecule is CC1COC2(OC3CC4C5CC(OC6OC(C)C(O)C(OC7OC(C)C(O)C(O)C7O)C6O)C6CC(O)CCC6(C)C5CCC4(C)C3C2C)C(=O)C1. The first-order chi connectivity index (χ1) is 24.5. The Morgan fingerprint density at radius 2 is 1.38 bits per heavy atom. The molecule has 4 aliphatic heterocycles. The number of hydrogen-bond acceptors (Lipinski definition) is 13. The molecule has 0 radical (unpaired) electrons. The van der Waals surface area contributed by atoms with Crippen LogP contribution in [0.2, 0.25) is 0 Å². The fraction of sp³-hybridized carbons (Fsp3) is 0.974. The van der Waals surface area contributed by atoms with E-state index in [-0.39, 0.29) is 58.4 Å². The third-order valence-corrected chi connectivity index (χ3v) is 15.9. The van der Waals surface area contributed by atoms with Gasteiger partial charge in [0.1, 0.15) is 36.6 Å². The van der Waals surface area contributed by atoms with Crippen LogP contribution in [0.25, 0.3) is 0 Å². The van der Waals surface area contributed by atoms with Crippen molar-refractivity contribution in [1.29, 1.82) is 0 Å². The maximum atomic E-state index is 13.5. The zero-order valence-electron chi connectivity index (χ0n) is 31.5. The lowest BCUT2D eigenvalue weighted by atomic mass is 9.43. The number of hydrogen-bond donors (Lipinski definition) is 6. The zero-order chi connectivity index (χ0) is 37.2. The lowest BCUT2D eigenvalue weighted by Gasteiger charge is -2.63. The van der Waals surface area contributed by atoms with E-state index in [0.717, 1.165) is 32.1 Å². The van der Waals surface area contributed by atoms with Crippen LogP contribution in [0.4, 0.5) is 0 Å². The molecule has 0 aromatic rings. The minimum absolute atomic E-state index is 0.00904. The highest BCUT2D eigenvalue weighted by molar-refractivity contribution is 5.87. The third kappa shape index (κ3) is 5.65. The Bertz CT molecular complexity index is 1350. The van der Waals surface area contributed by atoms with Crippen LogP contribution in [-0.2, 0) is 33.2 Å². The summed E-state index contributed by atoms with van der Waals surface area (Å²) in [4.78, 5) is 13.5. The molecule has 8 aliphatic rings. The van der Waals surface area contributed by atoms with Crippen molar-refractivity contribution in [2.45, 2.75) is 178 Å². The van der Waals surface area contributed by atoms with Crippen molar-refractivity contribution in [1.82, 2.24) is 0 Å². The standard InChI is InChI=1S/C39H62O13/c1-16-11-27(41)39(47-15-16)17(2)28-26(52-39)14-23-21-13-25(24-12-20(40)7-9-37(24,5)22(21)8-10-38(23,28)6)50-36-33(46)34(30(43)19(4)49-36)51-35-32(45)31(44)29(42)18(3)48-35/h16-26,28-36,40,42-46H,7-15H2,1-6H3. The van der Waals surface area contributed by atoms with E-state index in [0.29, 0.717) is 37.7 Å². The largest absolute Gasteiger partial charge is 0.393 e. The van der Waals surface area contributed by atoms with Crippen molar-refractivity contribution < 1.29 is 63.9 Å². The highest BCUT2D eigenvalue weighted by atomic mass is 16.7. The van der Waals surface area contributed by atoms with E-state index in [2.05, 4.69) is 20.8 Å². The summed E-state index contributed by atoms with van der Waals surface area (Å²) in [7, 11) is 0. The Morgan fingerprint density at radius 1 is 0.712 bits per heavy atom. The second kappa shape index (κ2) is 13.4. The molecule has 23 unspecified atom stereocenters. The summed E-state index contributed by atoms with van der Waals surface area (Å²) in [6, 6.07) is 0. The van der Waals surface area contributed by atoms with Gasteiger partial charge in [0.2, 0.25) is 5.79 Å². The molecule has 4 saturated carbocycles. The smallest absolute Gasteiger partial charge is 0.232 e. The second-order valence-electron chi connectivity index (χ2n) is 18.8. The van der Waals surface area contributed by atoms with Crippen molar-refractivity contribution in [2.75, 3.05) is 6.61 Å². The molecule has 1 spiro atoms. The average Bonchev–Trinajstić information content (AvgIpc) is 3.55. The van der Waals surface area contributed by atoms with Crippen LogP contribution in [0.5, 0.6) is 0 Å². The Hall–Kier alpha value is -0.810. The molecule has 6 N–H and O–H groups in total. The molecule has 4 heterocycles. The van der Waals surface area contributed by atoms with Crippen LogP contribution in [0, 0.1) is 52.3 Å². The summed E-state index contributed by atoms with van der Waals surface area (Å²) < 4.78 is 37.7. The van der Waals surface area contributed by atoms with Crippen molar-refractivity contribution >= 4 is 5.78 Å². The van der Waals surface area contributed by atoms with Crippen LogP contribution >= 0.6 is 0 Å². The van der Waals surface area contributed by atoms with Crippen LogP contribution in [-0.4, -0.2) is 129 Å². The Balaban J connectivity index is 1.04. The lowest BCUT2D eigenvalue weighted by Crippen LogP contribution is -2.64. The molecular weight excluding hydrogens is 676 g/mol. The molecule has 0 aromatic heterocycles. The van der Waals surface area contributed by atoms with Gasteiger partial charge in [-0.05, 0) is 105 Å². The number of carbonyl (C=O) groups excluding carboxylic acids is 1. The van der Waals surface area contributed by atoms with Crippen molar-refractivity contribution in [3.63, 3.8) is 0 Å². The van der Waals surface area contributed by atoms with Crippen molar-refractivity contribution in [3.8, 4) is 0 Å². The van der Waals surface area contributed by atoms with Gasteiger partial charge in [0, 0.05) is 12.3 Å². The van der Waals surface area contributed by atoms with Gasteiger partial charge in [-0.25, -0.2) is 0 Å². The van der Waals surface area contributed by atoms with E-state index in [1.54, 1.807) is 6.92 Å². The topological polar surface area (TPSA) is 194 Å². The second-order valence-corrected chi connectivity index (χ2v) is 18.8. The van der Waals surface area contributed by atoms with Gasteiger partial charge in [-0.3, -0.25) is 4.79 Å². The van der Waals surface area contributed by atoms with E-state index < -0.39 is 73.3 Å². The summed E-state index contributed by atoms with van der Waals surface area (Å²) >= 11 is 0. The molecule has 0 amide bonds. The number of Topliss-reactive ketones (excluding diaryl/α,β-unsaturated/α-hetero) is 1. The predicted octanol–water partition coefficient (Wildman–Crippen LogP) is 1.65. The van der Waals surface area contributed by atoms with Crippen LogP contribution in [0.3, 0.4) is 0 Å². The molecule has 13 heteroatoms. The molecular formula is C39H62O13. The molecule has 0 bridgehead atoms. The van der Waals surface area contributed by atoms with Gasteiger partial charge < -0.3 is 59.1 Å². The molecule has 52 heavy (non-hydrogen) atoms. The van der Waals surface area contributed by atoms with Gasteiger partial charge in [0.15, 0.2) is 18.4 Å². The fourth-order valence-corrected chi connectivity index (χ4v) is 13.1. The van der Waals surface area contributed by atoms with Crippen molar-refractivity contribution in [2.24, 2.45) is 52.3 Å². The van der Waals surface area contributed by atoms with Gasteiger partial charge in [0.05, 0.1) is 37.1 Å². The molecule has 0 aromatic carbocycles. The molecule has 8 rings (SSSR count). The summed E-state index contributed by atoms with van der Waals surface area (Å²) in [6.07, 6.45) is -7.36. The normalized spacial score (nSPS) is 60.5. The maximum absolute atomic E-state index is 13.5. The summed E-state index contributed by atoms with van der Waals surface area (Å²) in [5.41, 5.74) is -0.177. The molecule has 23 atom stereocenters. The van der Waals surface area contributed by atoms with Crippen molar-refractivity contribution in [3.05, 3.63) is 0 Å². The minimum Gasteiger partial charge on any atom is -0.393 e. The first-order valence-electron chi connectivity index (χ1n) is 20.1. The maximum Gasteiger partial charge on any atom is 0.232 e. The Labute approximate surface area is 306 Å². The molecule has 4 saturated heterocycles. The monoisotopic (exact) mass is 738 g/mol. The Kier molecular flexibility index (Phi) is 9.82. The van der Waals surface area contributed by atoms with Crippen LogP contribution < -0.4 is 0 Å². The number of carbonyl (C=O) groups is 1. The Morgan fingerprint density at radius 3 is 2.10 bits per heavy atom. The average molecular weight is 739 g/mol. The zero-order valence-corrected chi connectivity index (χ0v) is 31.5. The van der Waals surface area contributed by atoms with Gasteiger partial charge in [-0.2, -0.15) is 0 Å². The summed E-state index contributed by atoms with van der Waals surface area (Å²) in [5.74, 6) is 0.299. The number of fused-ring (bicyclic) bond motifs is 7. The van der Waals surface area contributed by atoms with Crippen LogP contribution in [0.1, 0.15) is 92.9 Å². The van der Waals surface area contributed by atoms with E-state index in [4.69, 9.17) is 28.4 Å². The number of rotatable bonds is 4. The van der Waals surface area contributed by atoms with E-state index in [9.17, 15) is 35.4 Å².